The summed E-state index contributed by atoms with van der Waals surface area (Å²) in [5, 5.41) is 3.06. The Bertz CT molecular complexity index is 567. The van der Waals surface area contributed by atoms with Crippen LogP contribution in [0.4, 0.5) is 5.69 Å². The topological polar surface area (TPSA) is 75.4 Å². The monoisotopic (exact) mass is 339 g/mol. The molecule has 6 heteroatoms. The molecule has 1 aromatic rings. The van der Waals surface area contributed by atoms with E-state index in [1.807, 2.05) is 31.7 Å². The molecule has 1 heterocycles. The molecule has 0 radical (unpaired) electrons. The van der Waals surface area contributed by atoms with Gasteiger partial charge in [0.1, 0.15) is 0 Å². The second-order valence-corrected chi connectivity index (χ2v) is 6.30. The van der Waals surface area contributed by atoms with Crippen LogP contribution in [0.3, 0.4) is 0 Å². The van der Waals surface area contributed by atoms with Crippen LogP contribution in [0.2, 0.25) is 0 Å². The molecule has 1 aliphatic rings. The largest absolute Gasteiger partial charge is 0.399 e. The Balaban J connectivity index is 0.00000264. The van der Waals surface area contributed by atoms with Crippen LogP contribution in [0.5, 0.6) is 0 Å². The zero-order valence-corrected chi connectivity index (χ0v) is 14.8. The first kappa shape index (κ1) is 19.3. The average Bonchev–Trinajstić information content (AvgIpc) is 2.49. The van der Waals surface area contributed by atoms with E-state index in [0.717, 1.165) is 18.4 Å². The van der Waals surface area contributed by atoms with Crippen molar-refractivity contribution < 1.29 is 9.59 Å². The molecule has 0 bridgehead atoms. The van der Waals surface area contributed by atoms with E-state index in [4.69, 9.17) is 5.73 Å². The van der Waals surface area contributed by atoms with Gasteiger partial charge < -0.3 is 16.0 Å². The highest BCUT2D eigenvalue weighted by Crippen LogP contribution is 2.16. The molecule has 0 spiro atoms. The lowest BCUT2D eigenvalue weighted by molar-refractivity contribution is -0.135. The Morgan fingerprint density at radius 2 is 1.87 bits per heavy atom. The molecule has 1 fully saturated rings. The van der Waals surface area contributed by atoms with Crippen LogP contribution in [-0.4, -0.2) is 35.8 Å². The van der Waals surface area contributed by atoms with Crippen LogP contribution in [0.1, 0.15) is 42.6 Å². The molecule has 128 valence electrons. The Morgan fingerprint density at radius 1 is 1.26 bits per heavy atom. The number of hydrogen-bond donors (Lipinski definition) is 2. The minimum atomic E-state index is -0.0848. The van der Waals surface area contributed by atoms with Crippen molar-refractivity contribution in [2.24, 2.45) is 5.92 Å². The van der Waals surface area contributed by atoms with Gasteiger partial charge in [0, 0.05) is 36.3 Å². The third kappa shape index (κ3) is 4.86. The Hall–Kier alpha value is -1.75. The standard InChI is InChI=1S/C17H25N3O2.ClH/c1-11(2)17(22)20-8-6-14(7-9-20)19-16(21)15-10-13(18)5-4-12(15)3;/h4-5,10-11,14H,6-9,18H2,1-3H3,(H,19,21);1H. The van der Waals surface area contributed by atoms with E-state index < -0.39 is 0 Å². The van der Waals surface area contributed by atoms with E-state index in [2.05, 4.69) is 5.32 Å². The maximum Gasteiger partial charge on any atom is 0.251 e. The number of nitrogens with zero attached hydrogens (tertiary/aromatic N) is 1. The molecule has 0 aromatic heterocycles. The zero-order chi connectivity index (χ0) is 16.3. The van der Waals surface area contributed by atoms with Crippen molar-refractivity contribution in [3.8, 4) is 0 Å². The highest BCUT2D eigenvalue weighted by molar-refractivity contribution is 5.96. The maximum atomic E-state index is 12.4. The van der Waals surface area contributed by atoms with Gasteiger partial charge in [-0.2, -0.15) is 0 Å². The zero-order valence-electron chi connectivity index (χ0n) is 14.0. The van der Waals surface area contributed by atoms with Gasteiger partial charge in [-0.15, -0.1) is 12.4 Å². The number of benzene rings is 1. The number of piperidine rings is 1. The first-order valence-corrected chi connectivity index (χ1v) is 7.84. The van der Waals surface area contributed by atoms with E-state index in [-0.39, 0.29) is 36.2 Å². The van der Waals surface area contributed by atoms with Crippen LogP contribution < -0.4 is 11.1 Å². The van der Waals surface area contributed by atoms with Crippen LogP contribution in [0.15, 0.2) is 18.2 Å². The molecule has 0 saturated carbocycles. The van der Waals surface area contributed by atoms with Gasteiger partial charge >= 0.3 is 0 Å². The van der Waals surface area contributed by atoms with Crippen LogP contribution in [-0.2, 0) is 4.79 Å². The normalized spacial score (nSPS) is 15.2. The number of carbonyl (C=O) groups is 2. The molecule has 2 amide bonds. The molecular weight excluding hydrogens is 314 g/mol. The van der Waals surface area contributed by atoms with E-state index >= 15 is 0 Å². The second-order valence-electron chi connectivity index (χ2n) is 6.30. The Morgan fingerprint density at radius 3 is 2.43 bits per heavy atom. The van der Waals surface area contributed by atoms with Crippen LogP contribution in [0, 0.1) is 12.8 Å². The Labute approximate surface area is 144 Å². The van der Waals surface area contributed by atoms with Gasteiger partial charge in [-0.3, -0.25) is 9.59 Å². The van der Waals surface area contributed by atoms with E-state index in [1.165, 1.54) is 0 Å². The minimum absolute atomic E-state index is 0. The fraction of sp³-hybridized carbons (Fsp3) is 0.529. The summed E-state index contributed by atoms with van der Waals surface area (Å²) >= 11 is 0. The summed E-state index contributed by atoms with van der Waals surface area (Å²) in [4.78, 5) is 26.2. The quantitative estimate of drug-likeness (QED) is 0.830. The van der Waals surface area contributed by atoms with Crippen molar-refractivity contribution in [2.45, 2.75) is 39.7 Å². The molecule has 2 rings (SSSR count). The summed E-state index contributed by atoms with van der Waals surface area (Å²) < 4.78 is 0. The third-order valence-corrected chi connectivity index (χ3v) is 4.14. The number of carbonyl (C=O) groups excluding carboxylic acids is 2. The summed E-state index contributed by atoms with van der Waals surface area (Å²) in [6.45, 7) is 7.14. The van der Waals surface area contributed by atoms with Crippen molar-refractivity contribution in [1.29, 1.82) is 0 Å². The number of aryl methyl sites for hydroxylation is 1. The van der Waals surface area contributed by atoms with Crippen molar-refractivity contribution in [3.63, 3.8) is 0 Å². The molecule has 23 heavy (non-hydrogen) atoms. The van der Waals surface area contributed by atoms with Gasteiger partial charge in [0.05, 0.1) is 0 Å². The highest BCUT2D eigenvalue weighted by atomic mass is 35.5. The van der Waals surface area contributed by atoms with Crippen molar-refractivity contribution in [1.82, 2.24) is 10.2 Å². The summed E-state index contributed by atoms with van der Waals surface area (Å²) in [6.07, 6.45) is 1.59. The molecule has 5 nitrogen and oxygen atoms in total. The molecule has 0 aliphatic carbocycles. The molecule has 3 N–H and O–H groups in total. The first-order chi connectivity index (χ1) is 10.4. The lowest BCUT2D eigenvalue weighted by Crippen LogP contribution is -2.47. The predicted octanol–water partition coefficient (Wildman–Crippen LogP) is 2.38. The number of hydrogen-bond acceptors (Lipinski definition) is 3. The summed E-state index contributed by atoms with van der Waals surface area (Å²) in [6, 6.07) is 5.47. The highest BCUT2D eigenvalue weighted by Gasteiger charge is 2.25. The van der Waals surface area contributed by atoms with Gasteiger partial charge in [-0.1, -0.05) is 19.9 Å². The maximum absolute atomic E-state index is 12.4. The average molecular weight is 340 g/mol. The molecule has 1 saturated heterocycles. The number of nitrogens with two attached hydrogens (primary N) is 1. The number of anilines is 1. The van der Waals surface area contributed by atoms with E-state index in [1.54, 1.807) is 12.1 Å². The predicted molar refractivity (Wildman–Crippen MR) is 94.7 cm³/mol. The molecule has 0 unspecified atom stereocenters. The number of halogens is 1. The number of amides is 2. The van der Waals surface area contributed by atoms with Gasteiger partial charge in [0.15, 0.2) is 0 Å². The van der Waals surface area contributed by atoms with Gasteiger partial charge in [0.2, 0.25) is 5.91 Å². The van der Waals surface area contributed by atoms with Gasteiger partial charge in [-0.25, -0.2) is 0 Å². The molecule has 1 aliphatic heterocycles. The fourth-order valence-electron chi connectivity index (χ4n) is 2.76. The number of nitrogens with one attached hydrogen (secondary N) is 1. The van der Waals surface area contributed by atoms with E-state index in [9.17, 15) is 9.59 Å². The summed E-state index contributed by atoms with van der Waals surface area (Å²) in [5.74, 6) is 0.135. The number of likely N-dealkylation sites (tertiary alicyclic amines) is 1. The minimum Gasteiger partial charge on any atom is -0.399 e. The molecule has 0 atom stereocenters. The second kappa shape index (κ2) is 8.20. The fourth-order valence-corrected chi connectivity index (χ4v) is 2.76. The number of rotatable bonds is 3. The lowest BCUT2D eigenvalue weighted by atomic mass is 10.0. The number of nitrogen functional groups attached to an aromatic ring is 1. The summed E-state index contributed by atoms with van der Waals surface area (Å²) in [5.41, 5.74) is 7.89. The van der Waals surface area contributed by atoms with Crippen molar-refractivity contribution >= 4 is 29.9 Å². The summed E-state index contributed by atoms with van der Waals surface area (Å²) in [7, 11) is 0. The van der Waals surface area contributed by atoms with Crippen molar-refractivity contribution in [2.75, 3.05) is 18.8 Å². The molecular formula is C17H26ClN3O2. The smallest absolute Gasteiger partial charge is 0.251 e. The van der Waals surface area contributed by atoms with Gasteiger partial charge in [-0.05, 0) is 37.5 Å². The third-order valence-electron chi connectivity index (χ3n) is 4.14. The van der Waals surface area contributed by atoms with Gasteiger partial charge in [0.25, 0.3) is 5.91 Å². The SMILES string of the molecule is Cc1ccc(N)cc1C(=O)NC1CCN(C(=O)C(C)C)CC1.Cl. The van der Waals surface area contributed by atoms with Crippen molar-refractivity contribution in [3.05, 3.63) is 29.3 Å². The van der Waals surface area contributed by atoms with Crippen LogP contribution in [0.25, 0.3) is 0 Å². The molecule has 1 aromatic carbocycles. The Kier molecular flexibility index (Phi) is 6.88. The van der Waals surface area contributed by atoms with E-state index in [0.29, 0.717) is 24.3 Å². The van der Waals surface area contributed by atoms with Crippen LogP contribution >= 0.6 is 12.4 Å². The lowest BCUT2D eigenvalue weighted by Gasteiger charge is -2.33. The first-order valence-electron chi connectivity index (χ1n) is 7.84.